The number of aromatic nitrogens is 2. The fourth-order valence-electron chi connectivity index (χ4n) is 5.80. The van der Waals surface area contributed by atoms with Gasteiger partial charge in [-0.1, -0.05) is 6.07 Å². The average Bonchev–Trinajstić information content (AvgIpc) is 3.14. The molecule has 6 rings (SSSR count). The van der Waals surface area contributed by atoms with Gasteiger partial charge in [-0.05, 0) is 72.7 Å². The van der Waals surface area contributed by atoms with Gasteiger partial charge in [-0.2, -0.15) is 0 Å². The Balaban J connectivity index is 1.08. The van der Waals surface area contributed by atoms with Gasteiger partial charge in [0.15, 0.2) is 0 Å². The number of amides is 3. The molecule has 0 aliphatic carbocycles. The number of urea groups is 1. The number of hydrogen-bond donors (Lipinski definition) is 1. The number of nitrogens with zero attached hydrogens (tertiary/aromatic N) is 5. The lowest BCUT2D eigenvalue weighted by molar-refractivity contribution is 0.0728. The van der Waals surface area contributed by atoms with Crippen LogP contribution in [0, 0.1) is 5.82 Å². The van der Waals surface area contributed by atoms with E-state index in [9.17, 15) is 14.0 Å². The number of halogens is 1. The van der Waals surface area contributed by atoms with Crippen molar-refractivity contribution in [1.82, 2.24) is 19.8 Å². The molecule has 3 amide bonds. The third-order valence-electron chi connectivity index (χ3n) is 8.01. The average molecular weight is 531 g/mol. The molecule has 0 unspecified atom stereocenters. The molecule has 2 aromatic carbocycles. The van der Waals surface area contributed by atoms with Gasteiger partial charge in [0.25, 0.3) is 5.91 Å². The lowest BCUT2D eigenvalue weighted by atomic mass is 9.99. The highest BCUT2D eigenvalue weighted by atomic mass is 19.1. The largest absolute Gasteiger partial charge is 0.497 e. The number of rotatable bonds is 4. The minimum Gasteiger partial charge on any atom is -0.497 e. The van der Waals surface area contributed by atoms with E-state index in [1.54, 1.807) is 30.2 Å². The van der Waals surface area contributed by atoms with E-state index < -0.39 is 0 Å². The van der Waals surface area contributed by atoms with Gasteiger partial charge in [-0.25, -0.2) is 19.2 Å². The summed E-state index contributed by atoms with van der Waals surface area (Å²) in [5, 5.41) is 3.06. The van der Waals surface area contributed by atoms with Crippen molar-refractivity contribution in [3.8, 4) is 5.75 Å². The minimum absolute atomic E-state index is 0.0712. The molecule has 1 aromatic heterocycles. The molecule has 3 aliphatic rings. The molecule has 0 saturated carbocycles. The number of hydrogen-bond acceptors (Lipinski definition) is 6. The third kappa shape index (κ3) is 5.10. The van der Waals surface area contributed by atoms with Gasteiger partial charge in [0.1, 0.15) is 29.4 Å². The second-order valence-corrected chi connectivity index (χ2v) is 10.3. The summed E-state index contributed by atoms with van der Waals surface area (Å²) in [7, 11) is 1.64. The highest BCUT2D eigenvalue weighted by molar-refractivity contribution is 5.93. The molecule has 202 valence electrons. The molecular formula is C29H31FN6O3. The SMILES string of the molecule is COc1ccc2c(c1)CCN(C1CCN(c3cc(C(=O)N4CCc5cc(F)ccc5C4)ncn3)CC1)C(=O)N2. The molecule has 3 aromatic rings. The summed E-state index contributed by atoms with van der Waals surface area (Å²) in [6, 6.07) is 12.3. The summed E-state index contributed by atoms with van der Waals surface area (Å²) < 4.78 is 18.9. The van der Waals surface area contributed by atoms with Crippen LogP contribution < -0.4 is 15.0 Å². The molecule has 4 heterocycles. The highest BCUT2D eigenvalue weighted by Gasteiger charge is 2.31. The Labute approximate surface area is 226 Å². The first kappa shape index (κ1) is 25.1. The van der Waals surface area contributed by atoms with E-state index in [1.807, 2.05) is 23.1 Å². The van der Waals surface area contributed by atoms with E-state index in [-0.39, 0.29) is 23.8 Å². The van der Waals surface area contributed by atoms with E-state index in [1.165, 1.54) is 12.4 Å². The Bertz CT molecular complexity index is 1410. The number of benzene rings is 2. The van der Waals surface area contributed by atoms with Crippen LogP contribution in [0.2, 0.25) is 0 Å². The zero-order valence-electron chi connectivity index (χ0n) is 21.9. The first-order valence-electron chi connectivity index (χ1n) is 13.4. The van der Waals surface area contributed by atoms with Crippen LogP contribution in [0.1, 0.15) is 40.0 Å². The fourth-order valence-corrected chi connectivity index (χ4v) is 5.80. The minimum atomic E-state index is -0.250. The molecule has 1 saturated heterocycles. The molecule has 0 atom stereocenters. The van der Waals surface area contributed by atoms with E-state index in [0.29, 0.717) is 37.6 Å². The molecule has 1 fully saturated rings. The van der Waals surface area contributed by atoms with Crippen LogP contribution in [0.4, 0.5) is 20.7 Å². The molecule has 9 nitrogen and oxygen atoms in total. The topological polar surface area (TPSA) is 90.9 Å². The van der Waals surface area contributed by atoms with Gasteiger partial charge in [-0.3, -0.25) is 4.79 Å². The molecule has 10 heteroatoms. The fraction of sp³-hybridized carbons (Fsp3) is 0.379. The summed E-state index contributed by atoms with van der Waals surface area (Å²) in [4.78, 5) is 40.8. The first-order valence-corrected chi connectivity index (χ1v) is 13.4. The molecular weight excluding hydrogens is 499 g/mol. The number of carbonyl (C=O) groups is 2. The van der Waals surface area contributed by atoms with Gasteiger partial charge in [0.2, 0.25) is 0 Å². The van der Waals surface area contributed by atoms with E-state index in [0.717, 1.165) is 60.5 Å². The van der Waals surface area contributed by atoms with Gasteiger partial charge >= 0.3 is 6.03 Å². The zero-order chi connectivity index (χ0) is 26.9. The maximum Gasteiger partial charge on any atom is 0.322 e. The Hall–Kier alpha value is -4.21. The normalized spacial score (nSPS) is 17.7. The van der Waals surface area contributed by atoms with Crippen LogP contribution in [-0.4, -0.2) is 71.0 Å². The smallest absolute Gasteiger partial charge is 0.322 e. The predicted octanol–water partition coefficient (Wildman–Crippen LogP) is 3.88. The third-order valence-corrected chi connectivity index (χ3v) is 8.01. The van der Waals surface area contributed by atoms with Crippen LogP contribution in [0.25, 0.3) is 0 Å². The molecule has 1 N–H and O–H groups in total. The molecule has 3 aliphatic heterocycles. The first-order chi connectivity index (χ1) is 19.0. The van der Waals surface area contributed by atoms with Gasteiger partial charge in [0, 0.05) is 50.5 Å². The summed E-state index contributed by atoms with van der Waals surface area (Å²) in [5.74, 6) is 1.10. The van der Waals surface area contributed by atoms with Crippen molar-refractivity contribution in [2.45, 2.75) is 38.3 Å². The van der Waals surface area contributed by atoms with Crippen molar-refractivity contribution in [3.05, 3.63) is 77.0 Å². The van der Waals surface area contributed by atoms with Crippen molar-refractivity contribution in [2.75, 3.05) is 43.5 Å². The molecule has 0 spiro atoms. The van der Waals surface area contributed by atoms with Gasteiger partial charge in [0.05, 0.1) is 7.11 Å². The lowest BCUT2D eigenvalue weighted by Crippen LogP contribution is -2.49. The van der Waals surface area contributed by atoms with Crippen molar-refractivity contribution in [1.29, 1.82) is 0 Å². The predicted molar refractivity (Wildman–Crippen MR) is 145 cm³/mol. The van der Waals surface area contributed by atoms with Crippen molar-refractivity contribution < 1.29 is 18.7 Å². The van der Waals surface area contributed by atoms with E-state index >= 15 is 0 Å². The monoisotopic (exact) mass is 530 g/mol. The second kappa shape index (κ2) is 10.5. The quantitative estimate of drug-likeness (QED) is 0.551. The Morgan fingerprint density at radius 1 is 0.974 bits per heavy atom. The van der Waals surface area contributed by atoms with Crippen molar-refractivity contribution in [2.24, 2.45) is 0 Å². The number of carbonyl (C=O) groups excluding carboxylic acids is 2. The summed E-state index contributed by atoms with van der Waals surface area (Å²) in [5.41, 5.74) is 4.18. The van der Waals surface area contributed by atoms with Crippen LogP contribution in [0.15, 0.2) is 48.8 Å². The summed E-state index contributed by atoms with van der Waals surface area (Å²) in [6.07, 6.45) is 4.43. The number of ether oxygens (including phenoxy) is 1. The maximum absolute atomic E-state index is 13.6. The van der Waals surface area contributed by atoms with Crippen molar-refractivity contribution >= 4 is 23.4 Å². The standard InChI is InChI=1S/C29H31FN6O3/c1-39-24-4-5-25-20(15-24)7-13-36(29(38)33-25)23-8-11-34(12-9-23)27-16-26(31-18-32-27)28(37)35-10-6-19-14-22(30)3-2-21(19)17-35/h2-5,14-16,18,23H,6-13,17H2,1H3,(H,33,38). The second-order valence-electron chi connectivity index (χ2n) is 10.3. The highest BCUT2D eigenvalue weighted by Crippen LogP contribution is 2.29. The summed E-state index contributed by atoms with van der Waals surface area (Å²) in [6.45, 7) is 3.06. The number of nitrogens with one attached hydrogen (secondary N) is 1. The van der Waals surface area contributed by atoms with E-state index in [4.69, 9.17) is 4.74 Å². The number of anilines is 2. The Morgan fingerprint density at radius 2 is 1.79 bits per heavy atom. The van der Waals surface area contributed by atoms with Crippen LogP contribution in [-0.2, 0) is 19.4 Å². The van der Waals surface area contributed by atoms with Crippen LogP contribution >= 0.6 is 0 Å². The number of piperidine rings is 1. The van der Waals surface area contributed by atoms with E-state index in [2.05, 4.69) is 20.2 Å². The van der Waals surface area contributed by atoms with Gasteiger partial charge < -0.3 is 24.8 Å². The Kier molecular flexibility index (Phi) is 6.76. The van der Waals surface area contributed by atoms with Gasteiger partial charge in [-0.15, -0.1) is 0 Å². The molecule has 39 heavy (non-hydrogen) atoms. The number of methoxy groups -OCH3 is 1. The zero-order valence-corrected chi connectivity index (χ0v) is 21.9. The van der Waals surface area contributed by atoms with Crippen molar-refractivity contribution in [3.63, 3.8) is 0 Å². The maximum atomic E-state index is 13.6. The Morgan fingerprint density at radius 3 is 2.62 bits per heavy atom. The van der Waals surface area contributed by atoms with Crippen LogP contribution in [0.5, 0.6) is 5.75 Å². The number of fused-ring (bicyclic) bond motifs is 2. The lowest BCUT2D eigenvalue weighted by Gasteiger charge is -2.38. The molecule has 0 radical (unpaired) electrons. The van der Waals surface area contributed by atoms with Crippen LogP contribution in [0.3, 0.4) is 0 Å². The molecule has 0 bridgehead atoms. The summed E-state index contributed by atoms with van der Waals surface area (Å²) >= 11 is 0.